The van der Waals surface area contributed by atoms with E-state index in [9.17, 15) is 10.1 Å². The van der Waals surface area contributed by atoms with E-state index >= 15 is 0 Å². The third-order valence-corrected chi connectivity index (χ3v) is 5.14. The Bertz CT molecular complexity index is 826. The van der Waals surface area contributed by atoms with Crippen LogP contribution in [0.2, 0.25) is 10.0 Å². The van der Waals surface area contributed by atoms with E-state index in [0.29, 0.717) is 33.2 Å². The van der Waals surface area contributed by atoms with Crippen molar-refractivity contribution in [2.45, 2.75) is 39.5 Å². The SMILES string of the molecule is CC1=C(C#N)C(c2c(Cl)cncc2Cl)C2=C(CC(C)(C)CC2=O)N1. The molecule has 3 rings (SSSR count). The van der Waals surface area contributed by atoms with Gasteiger partial charge in [0.2, 0.25) is 0 Å². The molecule has 24 heavy (non-hydrogen) atoms. The highest BCUT2D eigenvalue weighted by Gasteiger charge is 2.42. The van der Waals surface area contributed by atoms with Crippen LogP contribution in [0.4, 0.5) is 0 Å². The molecule has 0 radical (unpaired) electrons. The predicted octanol–water partition coefficient (Wildman–Crippen LogP) is 4.52. The fourth-order valence-corrected chi connectivity index (χ4v) is 4.15. The minimum atomic E-state index is -0.544. The zero-order valence-corrected chi connectivity index (χ0v) is 15.2. The number of hydrogen-bond donors (Lipinski definition) is 1. The smallest absolute Gasteiger partial charge is 0.162 e. The fraction of sp³-hybridized carbons (Fsp3) is 0.389. The topological polar surface area (TPSA) is 65.8 Å². The fourth-order valence-electron chi connectivity index (χ4n) is 3.57. The van der Waals surface area contributed by atoms with Gasteiger partial charge in [-0.1, -0.05) is 37.0 Å². The number of hydrogen-bond acceptors (Lipinski definition) is 4. The molecule has 0 amide bonds. The van der Waals surface area contributed by atoms with Gasteiger partial charge in [0, 0.05) is 41.3 Å². The molecule has 1 N–H and O–H groups in total. The molecule has 1 aromatic heterocycles. The Morgan fingerprint density at radius 3 is 2.50 bits per heavy atom. The van der Waals surface area contributed by atoms with Gasteiger partial charge in [-0.05, 0) is 18.8 Å². The molecule has 0 bridgehead atoms. The molecule has 0 fully saturated rings. The number of nitrogens with zero attached hydrogens (tertiary/aromatic N) is 2. The Labute approximate surface area is 151 Å². The zero-order valence-electron chi connectivity index (χ0n) is 13.7. The Hall–Kier alpha value is -1.83. The van der Waals surface area contributed by atoms with Gasteiger partial charge in [0.25, 0.3) is 0 Å². The summed E-state index contributed by atoms with van der Waals surface area (Å²) in [6.07, 6.45) is 4.16. The van der Waals surface area contributed by atoms with Gasteiger partial charge in [-0.3, -0.25) is 9.78 Å². The van der Waals surface area contributed by atoms with Crippen LogP contribution in [-0.4, -0.2) is 10.8 Å². The molecular formula is C18H17Cl2N3O. The van der Waals surface area contributed by atoms with E-state index in [1.54, 1.807) is 0 Å². The lowest BCUT2D eigenvalue weighted by Gasteiger charge is -2.39. The summed E-state index contributed by atoms with van der Waals surface area (Å²) in [4.78, 5) is 16.9. The van der Waals surface area contributed by atoms with Crippen molar-refractivity contribution in [2.75, 3.05) is 0 Å². The summed E-state index contributed by atoms with van der Waals surface area (Å²) in [6, 6.07) is 2.22. The number of carbonyl (C=O) groups is 1. The van der Waals surface area contributed by atoms with Crippen molar-refractivity contribution in [1.82, 2.24) is 10.3 Å². The van der Waals surface area contributed by atoms with Crippen molar-refractivity contribution in [3.05, 3.63) is 50.5 Å². The summed E-state index contributed by atoms with van der Waals surface area (Å²) >= 11 is 12.7. The van der Waals surface area contributed by atoms with Gasteiger partial charge in [0.05, 0.1) is 27.6 Å². The number of pyridine rings is 1. The molecule has 0 saturated carbocycles. The first kappa shape index (κ1) is 17.0. The molecule has 124 valence electrons. The van der Waals surface area contributed by atoms with Crippen LogP contribution in [0.15, 0.2) is 34.9 Å². The third kappa shape index (κ3) is 2.72. The molecule has 1 aromatic rings. The molecule has 2 aliphatic rings. The second-order valence-corrected chi connectivity index (χ2v) is 7.87. The van der Waals surface area contributed by atoms with Crippen molar-refractivity contribution in [3.63, 3.8) is 0 Å². The number of halogens is 2. The molecule has 4 nitrogen and oxygen atoms in total. The molecule has 0 saturated heterocycles. The van der Waals surface area contributed by atoms with Gasteiger partial charge in [-0.25, -0.2) is 0 Å². The number of nitriles is 1. The first-order valence-corrected chi connectivity index (χ1v) is 8.44. The molecule has 6 heteroatoms. The Morgan fingerprint density at radius 2 is 1.92 bits per heavy atom. The summed E-state index contributed by atoms with van der Waals surface area (Å²) in [7, 11) is 0. The molecule has 1 unspecified atom stereocenters. The van der Waals surface area contributed by atoms with E-state index in [-0.39, 0.29) is 11.2 Å². The number of nitrogens with one attached hydrogen (secondary N) is 1. The van der Waals surface area contributed by atoms with E-state index in [2.05, 4.69) is 30.2 Å². The van der Waals surface area contributed by atoms with Crippen molar-refractivity contribution in [2.24, 2.45) is 5.41 Å². The first-order chi connectivity index (χ1) is 11.2. The normalized spacial score (nSPS) is 22.8. The number of dihydropyridines is 1. The molecule has 2 heterocycles. The monoisotopic (exact) mass is 361 g/mol. The number of aromatic nitrogens is 1. The van der Waals surface area contributed by atoms with E-state index in [4.69, 9.17) is 23.2 Å². The number of carbonyl (C=O) groups excluding carboxylic acids is 1. The van der Waals surface area contributed by atoms with Crippen LogP contribution in [0.1, 0.15) is 45.1 Å². The van der Waals surface area contributed by atoms with Gasteiger partial charge in [0.15, 0.2) is 5.78 Å². The molecule has 1 atom stereocenters. The lowest BCUT2D eigenvalue weighted by molar-refractivity contribution is -0.118. The van der Waals surface area contributed by atoms with Gasteiger partial charge in [-0.2, -0.15) is 5.26 Å². The number of rotatable bonds is 1. The molecule has 0 aromatic carbocycles. The Kier molecular flexibility index (Phi) is 4.19. The van der Waals surface area contributed by atoms with E-state index in [0.717, 1.165) is 17.8 Å². The molecule has 0 spiro atoms. The van der Waals surface area contributed by atoms with Crippen molar-refractivity contribution in [1.29, 1.82) is 5.26 Å². The van der Waals surface area contributed by atoms with Crippen molar-refractivity contribution in [3.8, 4) is 6.07 Å². The lowest BCUT2D eigenvalue weighted by atomic mass is 9.69. The van der Waals surface area contributed by atoms with E-state index < -0.39 is 5.92 Å². The molecule has 1 aliphatic carbocycles. The minimum Gasteiger partial charge on any atom is -0.361 e. The summed E-state index contributed by atoms with van der Waals surface area (Å²) < 4.78 is 0. The van der Waals surface area contributed by atoms with Crippen LogP contribution in [0.25, 0.3) is 0 Å². The maximum Gasteiger partial charge on any atom is 0.162 e. The van der Waals surface area contributed by atoms with E-state index in [1.165, 1.54) is 12.4 Å². The largest absolute Gasteiger partial charge is 0.361 e. The third-order valence-electron chi connectivity index (χ3n) is 4.54. The summed E-state index contributed by atoms with van der Waals surface area (Å²) in [6.45, 7) is 5.97. The van der Waals surface area contributed by atoms with Gasteiger partial charge in [0.1, 0.15) is 0 Å². The zero-order chi connectivity index (χ0) is 17.6. The van der Waals surface area contributed by atoms with Crippen LogP contribution >= 0.6 is 23.2 Å². The summed E-state index contributed by atoms with van der Waals surface area (Å²) in [5, 5.41) is 13.6. The average molecular weight is 362 g/mol. The molecule has 1 aliphatic heterocycles. The number of ketones is 1. The Balaban J connectivity index is 2.27. The van der Waals surface area contributed by atoms with Crippen LogP contribution < -0.4 is 5.32 Å². The first-order valence-electron chi connectivity index (χ1n) is 7.68. The summed E-state index contributed by atoms with van der Waals surface area (Å²) in [5.41, 5.74) is 3.12. The van der Waals surface area contributed by atoms with Gasteiger partial charge in [-0.15, -0.1) is 0 Å². The van der Waals surface area contributed by atoms with Gasteiger partial charge >= 0.3 is 0 Å². The summed E-state index contributed by atoms with van der Waals surface area (Å²) in [5.74, 6) is -0.513. The second-order valence-electron chi connectivity index (χ2n) is 7.06. The van der Waals surface area contributed by atoms with Crippen LogP contribution in [0.3, 0.4) is 0 Å². The standard InChI is InChI=1S/C18H17Cl2N3O/c1-9-10(6-21)15(16-11(19)7-22-8-12(16)20)17-13(23-9)4-18(2,3)5-14(17)24/h7-8,15,23H,4-5H2,1-3H3. The lowest BCUT2D eigenvalue weighted by Crippen LogP contribution is -2.37. The highest BCUT2D eigenvalue weighted by molar-refractivity contribution is 6.36. The van der Waals surface area contributed by atoms with Crippen LogP contribution in [0, 0.1) is 16.7 Å². The predicted molar refractivity (Wildman–Crippen MR) is 93.5 cm³/mol. The average Bonchev–Trinajstić information content (AvgIpc) is 2.44. The highest BCUT2D eigenvalue weighted by Crippen LogP contribution is 2.48. The maximum atomic E-state index is 12.9. The van der Waals surface area contributed by atoms with Crippen LogP contribution in [0.5, 0.6) is 0 Å². The maximum absolute atomic E-state index is 12.9. The second kappa shape index (κ2) is 5.91. The van der Waals surface area contributed by atoms with Crippen molar-refractivity contribution >= 4 is 29.0 Å². The van der Waals surface area contributed by atoms with Gasteiger partial charge < -0.3 is 5.32 Å². The number of allylic oxidation sites excluding steroid dienone is 4. The van der Waals surface area contributed by atoms with E-state index in [1.807, 2.05) is 6.92 Å². The minimum absolute atomic E-state index is 0.0305. The quantitative estimate of drug-likeness (QED) is 0.798. The highest BCUT2D eigenvalue weighted by atomic mass is 35.5. The number of Topliss-reactive ketones (excluding diaryl/α,β-unsaturated/α-hetero) is 1. The van der Waals surface area contributed by atoms with Crippen LogP contribution in [-0.2, 0) is 4.79 Å². The van der Waals surface area contributed by atoms with Crippen molar-refractivity contribution < 1.29 is 4.79 Å². The Morgan fingerprint density at radius 1 is 1.29 bits per heavy atom. The molecular weight excluding hydrogens is 345 g/mol.